The lowest BCUT2D eigenvalue weighted by molar-refractivity contribution is 0.762. The van der Waals surface area contributed by atoms with Crippen LogP contribution in [0.5, 0.6) is 0 Å². The van der Waals surface area contributed by atoms with Crippen molar-refractivity contribution in [3.63, 3.8) is 0 Å². The van der Waals surface area contributed by atoms with E-state index in [-0.39, 0.29) is 0 Å². The van der Waals surface area contributed by atoms with Crippen molar-refractivity contribution in [1.29, 1.82) is 0 Å². The summed E-state index contributed by atoms with van der Waals surface area (Å²) in [7, 11) is 0. The topological polar surface area (TPSA) is 6.48 Å². The third-order valence-electron chi connectivity index (χ3n) is 13.6. The fourth-order valence-electron chi connectivity index (χ4n) is 11.0. The number of nitrogens with zero attached hydrogens (tertiary/aromatic N) is 2. The van der Waals surface area contributed by atoms with Crippen LogP contribution < -0.4 is 9.80 Å². The van der Waals surface area contributed by atoms with Gasteiger partial charge in [-0.05, 0) is 134 Å². The summed E-state index contributed by atoms with van der Waals surface area (Å²) in [6.07, 6.45) is 6.92. The molecule has 0 fully saturated rings. The Bertz CT molecular complexity index is 3210. The highest BCUT2D eigenvalue weighted by molar-refractivity contribution is 7.99. The third-order valence-corrected chi connectivity index (χ3v) is 14.7. The first-order valence-electron chi connectivity index (χ1n) is 21.5. The lowest BCUT2D eigenvalue weighted by Crippen LogP contribution is -2.27. The summed E-state index contributed by atoms with van der Waals surface area (Å²) in [5.74, 6) is 0. The summed E-state index contributed by atoms with van der Waals surface area (Å²) < 4.78 is 0. The lowest BCUT2D eigenvalue weighted by atomic mass is 9.70. The zero-order valence-electron chi connectivity index (χ0n) is 33.6. The van der Waals surface area contributed by atoms with Crippen LogP contribution in [0.3, 0.4) is 0 Å². The fourth-order valence-corrected chi connectivity index (χ4v) is 12.1. The number of fused-ring (bicyclic) bond motifs is 14. The number of aryl methyl sites for hydroxylation is 1. The van der Waals surface area contributed by atoms with Crippen LogP contribution in [-0.4, -0.2) is 6.54 Å². The summed E-state index contributed by atoms with van der Waals surface area (Å²) >= 11 is 1.85. The van der Waals surface area contributed by atoms with Crippen molar-refractivity contribution in [2.24, 2.45) is 0 Å². The Morgan fingerprint density at radius 3 is 1.80 bits per heavy atom. The minimum absolute atomic E-state index is 0.430. The fraction of sp³-hybridized carbons (Fsp3) is 0.0690. The van der Waals surface area contributed by atoms with Gasteiger partial charge in [-0.2, -0.15) is 0 Å². The molecular weight excluding hydrogens is 757 g/mol. The largest absolute Gasteiger partial charge is 0.341 e. The van der Waals surface area contributed by atoms with Gasteiger partial charge < -0.3 is 9.80 Å². The average molecular weight is 797 g/mol. The van der Waals surface area contributed by atoms with E-state index in [1.165, 1.54) is 110 Å². The molecule has 9 aromatic rings. The van der Waals surface area contributed by atoms with Crippen molar-refractivity contribution in [1.82, 2.24) is 0 Å². The monoisotopic (exact) mass is 796 g/mol. The number of anilines is 5. The van der Waals surface area contributed by atoms with Gasteiger partial charge in [0.05, 0.1) is 22.5 Å². The lowest BCUT2D eigenvalue weighted by Gasteiger charge is -2.34. The van der Waals surface area contributed by atoms with Gasteiger partial charge in [0, 0.05) is 33.1 Å². The average Bonchev–Trinajstić information content (AvgIpc) is 3.79. The maximum Gasteiger partial charge on any atom is 0.0726 e. The van der Waals surface area contributed by atoms with Crippen molar-refractivity contribution in [2.75, 3.05) is 16.3 Å². The maximum absolute atomic E-state index is 2.55. The van der Waals surface area contributed by atoms with E-state index in [1.54, 1.807) is 0 Å². The Morgan fingerprint density at radius 2 is 1.03 bits per heavy atom. The molecule has 0 unspecified atom stereocenters. The van der Waals surface area contributed by atoms with Crippen LogP contribution in [0.15, 0.2) is 204 Å². The molecule has 2 nitrogen and oxygen atoms in total. The first-order chi connectivity index (χ1) is 30.3. The van der Waals surface area contributed by atoms with Gasteiger partial charge in [0.25, 0.3) is 0 Å². The number of hydrogen-bond acceptors (Lipinski definition) is 3. The smallest absolute Gasteiger partial charge is 0.0726 e. The molecule has 1 spiro atoms. The van der Waals surface area contributed by atoms with Crippen LogP contribution >= 0.6 is 11.8 Å². The van der Waals surface area contributed by atoms with Gasteiger partial charge in [0.1, 0.15) is 0 Å². The molecular formula is C58H40N2S. The van der Waals surface area contributed by atoms with Crippen LogP contribution in [0.25, 0.3) is 45.2 Å². The molecule has 2 aliphatic heterocycles. The van der Waals surface area contributed by atoms with E-state index >= 15 is 0 Å². The molecule has 0 radical (unpaired) electrons. The Kier molecular flexibility index (Phi) is 7.68. The highest BCUT2D eigenvalue weighted by Crippen LogP contribution is 2.63. The Balaban J connectivity index is 0.953. The number of hydrogen-bond donors (Lipinski definition) is 0. The quantitative estimate of drug-likeness (QED) is 0.164. The molecule has 0 amide bonds. The van der Waals surface area contributed by atoms with E-state index in [0.717, 1.165) is 19.4 Å². The minimum atomic E-state index is -0.430. The van der Waals surface area contributed by atoms with Gasteiger partial charge in [-0.25, -0.2) is 0 Å². The van der Waals surface area contributed by atoms with Gasteiger partial charge in [-0.1, -0.05) is 163 Å². The van der Waals surface area contributed by atoms with E-state index in [9.17, 15) is 0 Å². The predicted molar refractivity (Wildman–Crippen MR) is 256 cm³/mol. The van der Waals surface area contributed by atoms with Crippen molar-refractivity contribution in [2.45, 2.75) is 28.0 Å². The highest BCUT2D eigenvalue weighted by atomic mass is 32.2. The van der Waals surface area contributed by atoms with E-state index < -0.39 is 5.41 Å². The summed E-state index contributed by atoms with van der Waals surface area (Å²) in [6.45, 7) is 1.02. The molecule has 9 aromatic carbocycles. The Hall–Kier alpha value is -7.07. The summed E-state index contributed by atoms with van der Waals surface area (Å²) in [5, 5.41) is 2.47. The zero-order chi connectivity index (χ0) is 40.1. The number of benzene rings is 9. The number of para-hydroxylation sites is 3. The van der Waals surface area contributed by atoms with Crippen LogP contribution in [0.1, 0.15) is 45.4 Å². The molecule has 2 aliphatic carbocycles. The van der Waals surface area contributed by atoms with Crippen LogP contribution in [0, 0.1) is 0 Å². The first kappa shape index (κ1) is 34.8. The molecule has 0 atom stereocenters. The standard InChI is InChI=1S/C58H40N2S/c1-6-23-52-40(14-1)16-13-35-59(52)41-32-34-46-45-33-30-38(36-50(45)58(51(46)37-41)48-21-4-2-17-43(48)44-18-3-5-22-49(44)58)29-31-39-15-11-20-47-42(39)19-12-26-53(47)60-54-24-7-9-27-56(54)61-57-28-10-8-25-55(57)60/h1-12,14-15,17-34,36-37H,13,16,35H2. The van der Waals surface area contributed by atoms with Crippen molar-refractivity contribution in [3.05, 3.63) is 233 Å². The SMILES string of the molecule is C(=Cc1cccc2c(N3c4ccccc4Sc4ccccc43)cccc12)c1ccc2c(c1)C1(c3ccccc3-c3ccccc31)c1cc(N3CCCc4ccccc43)ccc1-2. The molecule has 0 aromatic heterocycles. The van der Waals surface area contributed by atoms with Crippen LogP contribution in [0.4, 0.5) is 28.4 Å². The summed E-state index contributed by atoms with van der Waals surface area (Å²) in [5.41, 5.74) is 20.4. The molecule has 0 N–H and O–H groups in total. The Labute approximate surface area is 361 Å². The van der Waals surface area contributed by atoms with E-state index in [1.807, 2.05) is 11.8 Å². The second-order valence-electron chi connectivity index (χ2n) is 16.7. The minimum Gasteiger partial charge on any atom is -0.341 e. The van der Waals surface area contributed by atoms with Crippen LogP contribution in [0.2, 0.25) is 0 Å². The van der Waals surface area contributed by atoms with Gasteiger partial charge in [-0.3, -0.25) is 0 Å². The van der Waals surface area contributed by atoms with E-state index in [2.05, 4.69) is 216 Å². The zero-order valence-corrected chi connectivity index (χ0v) is 34.4. The van der Waals surface area contributed by atoms with Gasteiger partial charge in [0.2, 0.25) is 0 Å². The van der Waals surface area contributed by atoms with Crippen molar-refractivity contribution >= 4 is 63.1 Å². The normalized spacial score (nSPS) is 15.0. The molecule has 288 valence electrons. The Morgan fingerprint density at radius 1 is 0.443 bits per heavy atom. The summed E-state index contributed by atoms with van der Waals surface area (Å²) in [4.78, 5) is 7.54. The van der Waals surface area contributed by atoms with Gasteiger partial charge >= 0.3 is 0 Å². The molecule has 4 aliphatic rings. The highest BCUT2D eigenvalue weighted by Gasteiger charge is 2.51. The van der Waals surface area contributed by atoms with Gasteiger partial charge in [0.15, 0.2) is 0 Å². The van der Waals surface area contributed by atoms with Crippen molar-refractivity contribution < 1.29 is 0 Å². The third kappa shape index (κ3) is 5.05. The summed E-state index contributed by atoms with van der Waals surface area (Å²) in [6, 6.07) is 72.7. The molecule has 0 saturated heterocycles. The molecule has 0 saturated carbocycles. The second-order valence-corrected chi connectivity index (χ2v) is 17.8. The molecule has 3 heteroatoms. The molecule has 2 heterocycles. The predicted octanol–water partition coefficient (Wildman–Crippen LogP) is 15.4. The maximum atomic E-state index is 2.55. The number of rotatable bonds is 4. The van der Waals surface area contributed by atoms with Crippen LogP contribution in [-0.2, 0) is 11.8 Å². The van der Waals surface area contributed by atoms with E-state index in [4.69, 9.17) is 0 Å². The van der Waals surface area contributed by atoms with Gasteiger partial charge in [-0.15, -0.1) is 0 Å². The van der Waals surface area contributed by atoms with Crippen molar-refractivity contribution in [3.8, 4) is 22.3 Å². The van der Waals surface area contributed by atoms with E-state index in [0.29, 0.717) is 0 Å². The molecule has 13 rings (SSSR count). The molecule has 0 bridgehead atoms. The second kappa shape index (κ2) is 13.5. The first-order valence-corrected chi connectivity index (χ1v) is 22.3. The molecule has 61 heavy (non-hydrogen) atoms.